The number of carbonyl (C=O) groups is 2. The summed E-state index contributed by atoms with van der Waals surface area (Å²) in [4.78, 5) is 26.7. The molecule has 0 unspecified atom stereocenters. The van der Waals surface area contributed by atoms with Crippen molar-refractivity contribution in [3.63, 3.8) is 0 Å². The van der Waals surface area contributed by atoms with Crippen LogP contribution in [0.2, 0.25) is 5.02 Å². The quantitative estimate of drug-likeness (QED) is 0.600. The molecular formula is C21H14ClNO3S. The highest BCUT2D eigenvalue weighted by Crippen LogP contribution is 2.36. The molecule has 1 saturated heterocycles. The molecule has 1 N–H and O–H groups in total. The van der Waals surface area contributed by atoms with Crippen LogP contribution in [0.1, 0.15) is 11.1 Å². The van der Waals surface area contributed by atoms with Crippen LogP contribution in [0.5, 0.6) is 5.75 Å². The zero-order chi connectivity index (χ0) is 19.0. The first kappa shape index (κ1) is 17.6. The van der Waals surface area contributed by atoms with Crippen molar-refractivity contribution < 1.29 is 14.7 Å². The molecule has 0 aromatic heterocycles. The van der Waals surface area contributed by atoms with E-state index >= 15 is 0 Å². The second-order valence-corrected chi connectivity index (χ2v) is 7.54. The van der Waals surface area contributed by atoms with Crippen molar-refractivity contribution in [2.75, 3.05) is 0 Å². The van der Waals surface area contributed by atoms with Gasteiger partial charge in [0.1, 0.15) is 5.75 Å². The molecule has 134 valence electrons. The van der Waals surface area contributed by atoms with Crippen LogP contribution in [0.25, 0.3) is 16.8 Å². The highest BCUT2D eigenvalue weighted by Gasteiger charge is 2.35. The van der Waals surface area contributed by atoms with Crippen molar-refractivity contribution in [2.24, 2.45) is 0 Å². The molecule has 0 saturated carbocycles. The number of rotatable bonds is 3. The molecule has 1 heterocycles. The van der Waals surface area contributed by atoms with Crippen LogP contribution in [0, 0.1) is 0 Å². The van der Waals surface area contributed by atoms with E-state index in [-0.39, 0.29) is 28.3 Å². The van der Waals surface area contributed by atoms with Gasteiger partial charge in [-0.05, 0) is 52.4 Å². The van der Waals surface area contributed by atoms with E-state index in [2.05, 4.69) is 0 Å². The van der Waals surface area contributed by atoms with Gasteiger partial charge in [0.2, 0.25) is 0 Å². The Bertz CT molecular complexity index is 1100. The second-order valence-electron chi connectivity index (χ2n) is 6.11. The number of aromatic hydroxyl groups is 1. The lowest BCUT2D eigenvalue weighted by molar-refractivity contribution is -0.123. The van der Waals surface area contributed by atoms with Crippen molar-refractivity contribution in [1.29, 1.82) is 0 Å². The minimum absolute atomic E-state index is 0.000234. The Morgan fingerprint density at radius 2 is 1.81 bits per heavy atom. The van der Waals surface area contributed by atoms with Gasteiger partial charge in [-0.15, -0.1) is 0 Å². The van der Waals surface area contributed by atoms with Crippen molar-refractivity contribution in [3.8, 4) is 5.75 Å². The molecule has 1 fully saturated rings. The Balaban J connectivity index is 1.65. The number of hydrogen-bond acceptors (Lipinski definition) is 4. The van der Waals surface area contributed by atoms with Crippen molar-refractivity contribution in [3.05, 3.63) is 81.7 Å². The lowest BCUT2D eigenvalue weighted by atomic mass is 10.0. The Morgan fingerprint density at radius 3 is 2.67 bits per heavy atom. The summed E-state index contributed by atoms with van der Waals surface area (Å²) in [5, 5.41) is 12.1. The fourth-order valence-electron chi connectivity index (χ4n) is 3.02. The van der Waals surface area contributed by atoms with Crippen LogP contribution in [0.4, 0.5) is 4.79 Å². The SMILES string of the molecule is O=C1S/C(=C\c2cc(Cl)ccc2O)C(=O)N1Cc1cccc2ccccc12. The van der Waals surface area contributed by atoms with Crippen molar-refractivity contribution >= 4 is 51.4 Å². The molecule has 1 aliphatic heterocycles. The zero-order valence-corrected chi connectivity index (χ0v) is 15.6. The van der Waals surface area contributed by atoms with Crippen LogP contribution in [-0.4, -0.2) is 21.2 Å². The number of nitrogens with zero attached hydrogens (tertiary/aromatic N) is 1. The molecule has 0 spiro atoms. The Hall–Kier alpha value is -2.76. The van der Waals surface area contributed by atoms with Gasteiger partial charge in [-0.3, -0.25) is 14.5 Å². The van der Waals surface area contributed by atoms with Gasteiger partial charge in [0.05, 0.1) is 11.4 Å². The first-order valence-corrected chi connectivity index (χ1v) is 9.43. The fourth-order valence-corrected chi connectivity index (χ4v) is 4.03. The number of carbonyl (C=O) groups excluding carboxylic acids is 2. The van der Waals surface area contributed by atoms with E-state index < -0.39 is 0 Å². The molecule has 0 atom stereocenters. The predicted octanol–water partition coefficient (Wildman–Crippen LogP) is 5.44. The lowest BCUT2D eigenvalue weighted by Crippen LogP contribution is -2.27. The number of benzene rings is 3. The highest BCUT2D eigenvalue weighted by molar-refractivity contribution is 8.18. The third-order valence-electron chi connectivity index (χ3n) is 4.36. The summed E-state index contributed by atoms with van der Waals surface area (Å²) in [7, 11) is 0. The Labute approximate surface area is 165 Å². The van der Waals surface area contributed by atoms with Gasteiger partial charge >= 0.3 is 0 Å². The highest BCUT2D eigenvalue weighted by atomic mass is 35.5. The molecular weight excluding hydrogens is 382 g/mol. The van der Waals surface area contributed by atoms with Crippen LogP contribution in [0.3, 0.4) is 0 Å². The van der Waals surface area contributed by atoms with Gasteiger partial charge in [0.25, 0.3) is 11.1 Å². The maximum atomic E-state index is 12.8. The van der Waals surface area contributed by atoms with E-state index in [0.717, 1.165) is 28.1 Å². The summed E-state index contributed by atoms with van der Waals surface area (Å²) in [6.45, 7) is 0.199. The molecule has 0 bridgehead atoms. The van der Waals surface area contributed by atoms with Crippen LogP contribution in [-0.2, 0) is 11.3 Å². The number of amides is 2. The second kappa shape index (κ2) is 7.10. The molecule has 1 aliphatic rings. The van der Waals surface area contributed by atoms with E-state index in [1.54, 1.807) is 12.1 Å². The van der Waals surface area contributed by atoms with E-state index in [1.807, 2.05) is 42.5 Å². The largest absolute Gasteiger partial charge is 0.507 e. The number of fused-ring (bicyclic) bond motifs is 1. The molecule has 4 nitrogen and oxygen atoms in total. The number of hydrogen-bond donors (Lipinski definition) is 1. The molecule has 3 aromatic carbocycles. The van der Waals surface area contributed by atoms with E-state index in [9.17, 15) is 14.7 Å². The molecule has 3 aromatic rings. The molecule has 0 aliphatic carbocycles. The van der Waals surface area contributed by atoms with Crippen molar-refractivity contribution in [2.45, 2.75) is 6.54 Å². The average molecular weight is 396 g/mol. The Morgan fingerprint density at radius 1 is 1.04 bits per heavy atom. The normalized spacial score (nSPS) is 15.9. The average Bonchev–Trinajstić information content (AvgIpc) is 2.92. The molecule has 4 rings (SSSR count). The number of phenols is 1. The summed E-state index contributed by atoms with van der Waals surface area (Å²) < 4.78 is 0. The van der Waals surface area contributed by atoms with Gasteiger partial charge in [-0.1, -0.05) is 54.1 Å². The Kier molecular flexibility index (Phi) is 4.64. The summed E-state index contributed by atoms with van der Waals surface area (Å²) in [5.41, 5.74) is 1.31. The third kappa shape index (κ3) is 3.44. The predicted molar refractivity (Wildman–Crippen MR) is 109 cm³/mol. The van der Waals surface area contributed by atoms with E-state index in [1.165, 1.54) is 17.0 Å². The smallest absolute Gasteiger partial charge is 0.293 e. The monoisotopic (exact) mass is 395 g/mol. The first-order valence-electron chi connectivity index (χ1n) is 8.23. The first-order chi connectivity index (χ1) is 13.0. The lowest BCUT2D eigenvalue weighted by Gasteiger charge is -2.14. The van der Waals surface area contributed by atoms with Crippen LogP contribution >= 0.6 is 23.4 Å². The number of imide groups is 1. The van der Waals surface area contributed by atoms with E-state index in [4.69, 9.17) is 11.6 Å². The third-order valence-corrected chi connectivity index (χ3v) is 5.50. The van der Waals surface area contributed by atoms with E-state index in [0.29, 0.717) is 10.6 Å². The molecule has 2 amide bonds. The van der Waals surface area contributed by atoms with Gasteiger partial charge in [0, 0.05) is 10.6 Å². The maximum absolute atomic E-state index is 12.8. The molecule has 0 radical (unpaired) electrons. The number of phenolic OH excluding ortho intramolecular Hbond substituents is 1. The number of thioether (sulfide) groups is 1. The summed E-state index contributed by atoms with van der Waals surface area (Å²) in [6.07, 6.45) is 1.50. The van der Waals surface area contributed by atoms with Crippen LogP contribution < -0.4 is 0 Å². The van der Waals surface area contributed by atoms with Crippen LogP contribution in [0.15, 0.2) is 65.6 Å². The standard InChI is InChI=1S/C21H14ClNO3S/c22-16-8-9-18(24)15(10-16)11-19-20(25)23(21(26)27-19)12-14-6-3-5-13-4-1-2-7-17(13)14/h1-11,24H,12H2/b19-11-. The summed E-state index contributed by atoms with van der Waals surface area (Å²) >= 11 is 6.81. The van der Waals surface area contributed by atoms with Gasteiger partial charge < -0.3 is 5.11 Å². The minimum Gasteiger partial charge on any atom is -0.507 e. The summed E-state index contributed by atoms with van der Waals surface area (Å²) in [6, 6.07) is 18.2. The molecule has 27 heavy (non-hydrogen) atoms. The molecule has 6 heteroatoms. The zero-order valence-electron chi connectivity index (χ0n) is 14.1. The van der Waals surface area contributed by atoms with Crippen molar-refractivity contribution in [1.82, 2.24) is 4.90 Å². The number of halogens is 1. The maximum Gasteiger partial charge on any atom is 0.293 e. The van der Waals surface area contributed by atoms with Gasteiger partial charge in [-0.2, -0.15) is 0 Å². The minimum atomic E-state index is -0.377. The van der Waals surface area contributed by atoms with Gasteiger partial charge in [0.15, 0.2) is 0 Å². The topological polar surface area (TPSA) is 57.6 Å². The fraction of sp³-hybridized carbons (Fsp3) is 0.0476. The van der Waals surface area contributed by atoms with Gasteiger partial charge in [-0.25, -0.2) is 0 Å². The summed E-state index contributed by atoms with van der Waals surface area (Å²) in [5.74, 6) is -0.377.